The fourth-order valence-corrected chi connectivity index (χ4v) is 3.38. The number of hydrogen-bond acceptors (Lipinski definition) is 3. The second kappa shape index (κ2) is 8.22. The van der Waals surface area contributed by atoms with Crippen LogP contribution in [0.2, 0.25) is 0 Å². The van der Waals surface area contributed by atoms with Gasteiger partial charge in [-0.2, -0.15) is 13.2 Å². The fourth-order valence-electron chi connectivity index (χ4n) is 3.38. The molecule has 0 spiro atoms. The molecule has 4 nitrogen and oxygen atoms in total. The minimum Gasteiger partial charge on any atom is -0.369 e. The third-order valence-corrected chi connectivity index (χ3v) is 5.07. The Morgan fingerprint density at radius 3 is 2.36 bits per heavy atom. The Balaban J connectivity index is 1.58. The highest BCUT2D eigenvalue weighted by Crippen LogP contribution is 2.32. The zero-order valence-corrected chi connectivity index (χ0v) is 16.0. The molecule has 2 aromatic carbocycles. The molecule has 1 saturated heterocycles. The van der Waals surface area contributed by atoms with Crippen molar-refractivity contribution in [3.63, 3.8) is 0 Å². The van der Waals surface area contributed by atoms with Gasteiger partial charge in [-0.05, 0) is 49.7 Å². The number of anilines is 2. The summed E-state index contributed by atoms with van der Waals surface area (Å²) in [5.41, 5.74) is 1.75. The van der Waals surface area contributed by atoms with E-state index < -0.39 is 11.7 Å². The molecule has 1 amide bonds. The van der Waals surface area contributed by atoms with Crippen LogP contribution in [0, 0.1) is 6.92 Å². The molecule has 1 N–H and O–H groups in total. The van der Waals surface area contributed by atoms with Crippen LogP contribution in [0.5, 0.6) is 0 Å². The summed E-state index contributed by atoms with van der Waals surface area (Å²) in [6.45, 7) is 6.18. The van der Waals surface area contributed by atoms with E-state index in [-0.39, 0.29) is 11.9 Å². The first-order valence-electron chi connectivity index (χ1n) is 9.28. The number of carbonyl (C=O) groups excluding carboxylic acids is 1. The van der Waals surface area contributed by atoms with Crippen molar-refractivity contribution in [3.8, 4) is 0 Å². The maximum Gasteiger partial charge on any atom is 0.416 e. The van der Waals surface area contributed by atoms with Gasteiger partial charge in [0.2, 0.25) is 5.91 Å². The van der Waals surface area contributed by atoms with E-state index in [1.165, 1.54) is 12.1 Å². The predicted octanol–water partition coefficient (Wildman–Crippen LogP) is 4.16. The van der Waals surface area contributed by atoms with E-state index in [0.29, 0.717) is 31.9 Å². The zero-order valence-electron chi connectivity index (χ0n) is 16.0. The summed E-state index contributed by atoms with van der Waals surface area (Å²) in [4.78, 5) is 16.5. The number of nitrogens with zero attached hydrogens (tertiary/aromatic N) is 2. The lowest BCUT2D eigenvalue weighted by atomic mass is 10.1. The van der Waals surface area contributed by atoms with Gasteiger partial charge in [0.05, 0.1) is 11.6 Å². The highest BCUT2D eigenvalue weighted by Gasteiger charge is 2.31. The number of hydrogen-bond donors (Lipinski definition) is 1. The van der Waals surface area contributed by atoms with E-state index in [4.69, 9.17) is 0 Å². The third kappa shape index (κ3) is 4.84. The molecule has 28 heavy (non-hydrogen) atoms. The van der Waals surface area contributed by atoms with Crippen molar-refractivity contribution in [2.75, 3.05) is 36.4 Å². The largest absolute Gasteiger partial charge is 0.416 e. The van der Waals surface area contributed by atoms with Gasteiger partial charge in [0.15, 0.2) is 0 Å². The Labute approximate surface area is 162 Å². The molecule has 1 unspecified atom stereocenters. The Bertz CT molecular complexity index is 830. The molecule has 1 fully saturated rings. The van der Waals surface area contributed by atoms with E-state index in [1.807, 2.05) is 43.0 Å². The molecule has 1 atom stereocenters. The summed E-state index contributed by atoms with van der Waals surface area (Å²) in [6, 6.07) is 12.7. The highest BCUT2D eigenvalue weighted by molar-refractivity contribution is 5.94. The molecule has 3 rings (SSSR count). The van der Waals surface area contributed by atoms with Crippen molar-refractivity contribution < 1.29 is 18.0 Å². The molecule has 7 heteroatoms. The molecule has 1 heterocycles. The van der Waals surface area contributed by atoms with Crippen molar-refractivity contribution >= 4 is 17.3 Å². The molecule has 0 radical (unpaired) electrons. The molecule has 150 valence electrons. The number of rotatable bonds is 4. The van der Waals surface area contributed by atoms with Crippen LogP contribution in [0.15, 0.2) is 48.5 Å². The van der Waals surface area contributed by atoms with Crippen LogP contribution in [-0.4, -0.2) is 43.0 Å². The lowest BCUT2D eigenvalue weighted by molar-refractivity contribution is -0.137. The van der Waals surface area contributed by atoms with Crippen molar-refractivity contribution in [2.45, 2.75) is 26.1 Å². The number of halogens is 3. The number of alkyl halides is 3. The fraction of sp³-hybridized carbons (Fsp3) is 0.381. The zero-order chi connectivity index (χ0) is 20.3. The van der Waals surface area contributed by atoms with Gasteiger partial charge in [-0.3, -0.25) is 9.69 Å². The monoisotopic (exact) mass is 391 g/mol. The minimum absolute atomic E-state index is 0.0851. The second-order valence-electron chi connectivity index (χ2n) is 7.11. The van der Waals surface area contributed by atoms with E-state index >= 15 is 0 Å². The number of amides is 1. The van der Waals surface area contributed by atoms with E-state index in [9.17, 15) is 18.0 Å². The smallest absolute Gasteiger partial charge is 0.369 e. The topological polar surface area (TPSA) is 35.6 Å². The summed E-state index contributed by atoms with van der Waals surface area (Å²) >= 11 is 0. The van der Waals surface area contributed by atoms with Gasteiger partial charge in [-0.25, -0.2) is 0 Å². The average Bonchev–Trinajstić information content (AvgIpc) is 2.67. The van der Waals surface area contributed by atoms with E-state index in [2.05, 4.69) is 10.2 Å². The molecule has 2 aromatic rings. The van der Waals surface area contributed by atoms with Gasteiger partial charge in [0, 0.05) is 37.6 Å². The molecule has 0 bridgehead atoms. The summed E-state index contributed by atoms with van der Waals surface area (Å²) in [5, 5.41) is 2.93. The van der Waals surface area contributed by atoms with Crippen molar-refractivity contribution in [1.82, 2.24) is 4.90 Å². The van der Waals surface area contributed by atoms with Gasteiger partial charge in [0.25, 0.3) is 0 Å². The lowest BCUT2D eigenvalue weighted by Crippen LogP contribution is -2.52. The van der Waals surface area contributed by atoms with Gasteiger partial charge in [-0.1, -0.05) is 18.2 Å². The van der Waals surface area contributed by atoms with Crippen LogP contribution >= 0.6 is 0 Å². The predicted molar refractivity (Wildman–Crippen MR) is 105 cm³/mol. The summed E-state index contributed by atoms with van der Waals surface area (Å²) in [5.74, 6) is -0.0851. The van der Waals surface area contributed by atoms with E-state index in [0.717, 1.165) is 17.3 Å². The Kier molecular flexibility index (Phi) is 5.93. The van der Waals surface area contributed by atoms with Crippen LogP contribution in [0.3, 0.4) is 0 Å². The van der Waals surface area contributed by atoms with Crippen molar-refractivity contribution in [2.24, 2.45) is 0 Å². The Hall–Kier alpha value is -2.54. The molecule has 1 aliphatic rings. The number of nitrogens with one attached hydrogen (secondary N) is 1. The molecule has 1 aliphatic heterocycles. The SMILES string of the molecule is Cc1cccc(NC(=O)C(C)N2CCN(c3cccc(C(F)(F)F)c3)CC2)c1. The first-order valence-corrected chi connectivity index (χ1v) is 9.28. The normalized spacial score (nSPS) is 16.7. The molecule has 0 saturated carbocycles. The first kappa shape index (κ1) is 20.2. The maximum atomic E-state index is 12.9. The van der Waals surface area contributed by atoms with Crippen LogP contribution in [0.4, 0.5) is 24.5 Å². The second-order valence-corrected chi connectivity index (χ2v) is 7.11. The number of carbonyl (C=O) groups is 1. The lowest BCUT2D eigenvalue weighted by Gasteiger charge is -2.38. The quantitative estimate of drug-likeness (QED) is 0.850. The molecule has 0 aromatic heterocycles. The summed E-state index contributed by atoms with van der Waals surface area (Å²) in [6.07, 6.45) is -4.35. The number of piperazine rings is 1. The van der Waals surface area contributed by atoms with Crippen LogP contribution < -0.4 is 10.2 Å². The Morgan fingerprint density at radius 2 is 1.71 bits per heavy atom. The summed E-state index contributed by atoms with van der Waals surface area (Å²) in [7, 11) is 0. The first-order chi connectivity index (χ1) is 13.2. The van der Waals surface area contributed by atoms with Crippen molar-refractivity contribution in [3.05, 3.63) is 59.7 Å². The number of benzene rings is 2. The molecular formula is C21H24F3N3O. The highest BCUT2D eigenvalue weighted by atomic mass is 19.4. The van der Waals surface area contributed by atoms with Gasteiger partial charge in [0.1, 0.15) is 0 Å². The van der Waals surface area contributed by atoms with Gasteiger partial charge >= 0.3 is 6.18 Å². The standard InChI is InChI=1S/C21H24F3N3O/c1-15-5-3-7-18(13-15)25-20(28)16(2)26-9-11-27(12-10-26)19-8-4-6-17(14-19)21(22,23)24/h3-8,13-14,16H,9-12H2,1-2H3,(H,25,28). The van der Waals surface area contributed by atoms with Crippen molar-refractivity contribution in [1.29, 1.82) is 0 Å². The van der Waals surface area contributed by atoms with Gasteiger partial charge in [-0.15, -0.1) is 0 Å². The third-order valence-electron chi connectivity index (χ3n) is 5.07. The Morgan fingerprint density at radius 1 is 1.04 bits per heavy atom. The van der Waals surface area contributed by atoms with Crippen LogP contribution in [0.25, 0.3) is 0 Å². The number of aryl methyl sites for hydroxylation is 1. The van der Waals surface area contributed by atoms with Crippen LogP contribution in [0.1, 0.15) is 18.1 Å². The molecular weight excluding hydrogens is 367 g/mol. The average molecular weight is 391 g/mol. The maximum absolute atomic E-state index is 12.9. The van der Waals surface area contributed by atoms with E-state index in [1.54, 1.807) is 6.07 Å². The molecule has 0 aliphatic carbocycles. The van der Waals surface area contributed by atoms with Gasteiger partial charge < -0.3 is 10.2 Å². The minimum atomic E-state index is -4.35. The van der Waals surface area contributed by atoms with Crippen LogP contribution in [-0.2, 0) is 11.0 Å². The summed E-state index contributed by atoms with van der Waals surface area (Å²) < 4.78 is 38.8.